The van der Waals surface area contributed by atoms with Crippen LogP contribution in [0.3, 0.4) is 0 Å². The van der Waals surface area contributed by atoms with Crippen molar-refractivity contribution in [3.63, 3.8) is 0 Å². The number of nitrogens with zero attached hydrogens (tertiary/aromatic N) is 5. The van der Waals surface area contributed by atoms with Gasteiger partial charge < -0.3 is 11.1 Å². The van der Waals surface area contributed by atoms with E-state index in [1.807, 2.05) is 20.8 Å². The van der Waals surface area contributed by atoms with Crippen LogP contribution < -0.4 is 11.1 Å². The molecule has 0 fully saturated rings. The van der Waals surface area contributed by atoms with Crippen molar-refractivity contribution in [2.45, 2.75) is 20.8 Å². The van der Waals surface area contributed by atoms with Crippen LogP contribution in [0.4, 0.5) is 11.9 Å². The molecule has 0 amide bonds. The molecule has 7 heteroatoms. The summed E-state index contributed by atoms with van der Waals surface area (Å²) in [5, 5.41) is 7.12. The standard InChI is InChI=1S/C8H11N7.C2H6/c1-2-11-8-13-7(9)15(14-8)6-3-4-10-5-12-6;1-2/h3-5H,2H2,1H3,(H3,9,11,13,14);1-2H3. The lowest BCUT2D eigenvalue weighted by atomic mass is 10.6. The average Bonchev–Trinajstić information content (AvgIpc) is 2.74. The molecule has 0 atom stereocenters. The van der Waals surface area contributed by atoms with Gasteiger partial charge in [0.25, 0.3) is 0 Å². The molecule has 0 aliphatic heterocycles. The molecule has 0 saturated heterocycles. The molecular formula is C10H17N7. The number of nitrogens with one attached hydrogen (secondary N) is 1. The minimum atomic E-state index is 0.296. The maximum atomic E-state index is 5.69. The molecule has 0 radical (unpaired) electrons. The molecule has 3 N–H and O–H groups in total. The van der Waals surface area contributed by atoms with E-state index in [9.17, 15) is 0 Å². The van der Waals surface area contributed by atoms with Gasteiger partial charge in [0.05, 0.1) is 0 Å². The zero-order valence-electron chi connectivity index (χ0n) is 10.3. The van der Waals surface area contributed by atoms with Gasteiger partial charge in [-0.25, -0.2) is 9.97 Å². The van der Waals surface area contributed by atoms with Crippen LogP contribution in [0.25, 0.3) is 5.82 Å². The van der Waals surface area contributed by atoms with Gasteiger partial charge in [-0.3, -0.25) is 0 Å². The van der Waals surface area contributed by atoms with E-state index in [1.54, 1.807) is 12.3 Å². The number of aromatic nitrogens is 5. The highest BCUT2D eigenvalue weighted by atomic mass is 15.4. The summed E-state index contributed by atoms with van der Waals surface area (Å²) in [6.45, 7) is 6.70. The molecule has 17 heavy (non-hydrogen) atoms. The second-order valence-electron chi connectivity index (χ2n) is 2.80. The molecular weight excluding hydrogens is 218 g/mol. The lowest BCUT2D eigenvalue weighted by Crippen LogP contribution is -2.04. The molecule has 7 nitrogen and oxygen atoms in total. The number of rotatable bonds is 3. The van der Waals surface area contributed by atoms with E-state index in [4.69, 9.17) is 5.73 Å². The van der Waals surface area contributed by atoms with Crippen LogP contribution in [0.1, 0.15) is 20.8 Å². The molecule has 0 aliphatic rings. The quantitative estimate of drug-likeness (QED) is 0.827. The third-order valence-electron chi connectivity index (χ3n) is 1.75. The van der Waals surface area contributed by atoms with Crippen molar-refractivity contribution in [1.82, 2.24) is 24.7 Å². The Balaban J connectivity index is 0.000000686. The van der Waals surface area contributed by atoms with E-state index in [0.717, 1.165) is 6.54 Å². The smallest absolute Gasteiger partial charge is 0.244 e. The number of hydrogen-bond acceptors (Lipinski definition) is 6. The normalized spacial score (nSPS) is 9.35. The van der Waals surface area contributed by atoms with Crippen LogP contribution in [0, 0.1) is 0 Å². The maximum Gasteiger partial charge on any atom is 0.244 e. The number of nitrogens with two attached hydrogens (primary N) is 1. The second-order valence-corrected chi connectivity index (χ2v) is 2.80. The van der Waals surface area contributed by atoms with E-state index >= 15 is 0 Å². The average molecular weight is 235 g/mol. The molecule has 0 aliphatic carbocycles. The Morgan fingerprint density at radius 1 is 1.41 bits per heavy atom. The molecule has 2 rings (SSSR count). The largest absolute Gasteiger partial charge is 0.368 e. The zero-order valence-corrected chi connectivity index (χ0v) is 10.3. The lowest BCUT2D eigenvalue weighted by Gasteiger charge is -1.98. The van der Waals surface area contributed by atoms with E-state index < -0.39 is 0 Å². The Morgan fingerprint density at radius 2 is 2.18 bits per heavy atom. The van der Waals surface area contributed by atoms with Crippen molar-refractivity contribution in [1.29, 1.82) is 0 Å². The van der Waals surface area contributed by atoms with E-state index in [1.165, 1.54) is 11.0 Å². The summed E-state index contributed by atoms with van der Waals surface area (Å²) < 4.78 is 1.46. The van der Waals surface area contributed by atoms with Crippen molar-refractivity contribution >= 4 is 11.9 Å². The predicted molar refractivity (Wildman–Crippen MR) is 66.9 cm³/mol. The first kappa shape index (κ1) is 12.9. The van der Waals surface area contributed by atoms with E-state index in [2.05, 4.69) is 25.4 Å². The first-order valence-corrected chi connectivity index (χ1v) is 5.54. The summed E-state index contributed by atoms with van der Waals surface area (Å²) in [4.78, 5) is 11.9. The number of hydrogen-bond donors (Lipinski definition) is 2. The molecule has 0 spiro atoms. The monoisotopic (exact) mass is 235 g/mol. The van der Waals surface area contributed by atoms with Gasteiger partial charge in [0, 0.05) is 18.8 Å². The third-order valence-corrected chi connectivity index (χ3v) is 1.75. The third kappa shape index (κ3) is 3.13. The fraction of sp³-hybridized carbons (Fsp3) is 0.400. The van der Waals surface area contributed by atoms with Gasteiger partial charge in [-0.15, -0.1) is 5.10 Å². The summed E-state index contributed by atoms with van der Waals surface area (Å²) in [7, 11) is 0. The summed E-state index contributed by atoms with van der Waals surface area (Å²) in [6, 6.07) is 1.71. The van der Waals surface area contributed by atoms with Crippen LogP contribution in [-0.4, -0.2) is 31.3 Å². The highest BCUT2D eigenvalue weighted by molar-refractivity contribution is 5.37. The van der Waals surface area contributed by atoms with Gasteiger partial charge >= 0.3 is 0 Å². The van der Waals surface area contributed by atoms with Crippen LogP contribution in [0.2, 0.25) is 0 Å². The van der Waals surface area contributed by atoms with Crippen LogP contribution in [-0.2, 0) is 0 Å². The second kappa shape index (κ2) is 6.41. The first-order valence-electron chi connectivity index (χ1n) is 5.54. The molecule has 0 saturated carbocycles. The Labute approximate surface area is 100 Å². The Bertz CT molecular complexity index is 437. The minimum Gasteiger partial charge on any atom is -0.368 e. The molecule has 2 aromatic heterocycles. The molecule has 0 bridgehead atoms. The fourth-order valence-corrected chi connectivity index (χ4v) is 1.13. The van der Waals surface area contributed by atoms with Crippen LogP contribution >= 0.6 is 0 Å². The van der Waals surface area contributed by atoms with Gasteiger partial charge in [-0.2, -0.15) is 9.67 Å². The Morgan fingerprint density at radius 3 is 2.76 bits per heavy atom. The van der Waals surface area contributed by atoms with Crippen LogP contribution in [0.15, 0.2) is 18.6 Å². The van der Waals surface area contributed by atoms with Gasteiger partial charge in [0.2, 0.25) is 11.9 Å². The van der Waals surface area contributed by atoms with Crippen LogP contribution in [0.5, 0.6) is 0 Å². The van der Waals surface area contributed by atoms with Crippen molar-refractivity contribution in [3.05, 3.63) is 18.6 Å². The fourth-order valence-electron chi connectivity index (χ4n) is 1.13. The molecule has 0 unspecified atom stereocenters. The highest BCUT2D eigenvalue weighted by Gasteiger charge is 2.08. The van der Waals surface area contributed by atoms with Gasteiger partial charge in [0.1, 0.15) is 6.33 Å². The number of nitrogen functional groups attached to an aromatic ring is 1. The summed E-state index contributed by atoms with van der Waals surface area (Å²) >= 11 is 0. The summed E-state index contributed by atoms with van der Waals surface area (Å²) in [5.41, 5.74) is 5.69. The maximum absolute atomic E-state index is 5.69. The molecule has 0 aromatic carbocycles. The molecule has 2 heterocycles. The van der Waals surface area contributed by atoms with Crippen molar-refractivity contribution in [2.24, 2.45) is 0 Å². The molecule has 2 aromatic rings. The topological polar surface area (TPSA) is 94.5 Å². The number of anilines is 2. The van der Waals surface area contributed by atoms with Gasteiger partial charge in [-0.1, -0.05) is 13.8 Å². The highest BCUT2D eigenvalue weighted by Crippen LogP contribution is 2.09. The SMILES string of the molecule is CC.CCNc1nc(N)n(-c2ccncn2)n1. The first-order chi connectivity index (χ1) is 8.31. The van der Waals surface area contributed by atoms with Crippen molar-refractivity contribution in [2.75, 3.05) is 17.6 Å². The van der Waals surface area contributed by atoms with E-state index in [-0.39, 0.29) is 0 Å². The Kier molecular flexibility index (Phi) is 4.86. The summed E-state index contributed by atoms with van der Waals surface area (Å²) in [6.07, 6.45) is 3.06. The Hall–Kier alpha value is -2.18. The minimum absolute atomic E-state index is 0.296. The van der Waals surface area contributed by atoms with E-state index in [0.29, 0.717) is 17.7 Å². The van der Waals surface area contributed by atoms with Gasteiger partial charge in [0.15, 0.2) is 5.82 Å². The molecule has 92 valence electrons. The van der Waals surface area contributed by atoms with Crippen molar-refractivity contribution < 1.29 is 0 Å². The lowest BCUT2D eigenvalue weighted by molar-refractivity contribution is 0.848. The van der Waals surface area contributed by atoms with Crippen molar-refractivity contribution in [3.8, 4) is 5.82 Å². The predicted octanol–water partition coefficient (Wildman–Crippen LogP) is 1.10. The zero-order chi connectivity index (χ0) is 12.7. The summed E-state index contributed by atoms with van der Waals surface area (Å²) in [5.74, 6) is 1.39. The van der Waals surface area contributed by atoms with Gasteiger partial charge in [-0.05, 0) is 6.92 Å².